The first-order valence-electron chi connectivity index (χ1n) is 11.7. The van der Waals surface area contributed by atoms with Crippen LogP contribution in [0, 0.1) is 6.92 Å². The Hall–Kier alpha value is -4.04. The average molecular weight is 425 g/mol. The first-order valence-corrected chi connectivity index (χ1v) is 11.7. The molecule has 2 aromatic heterocycles. The standard InChI is InChI=1S/C31H24N2/c1-21-10-9-13-23(20-21)33-27-16-7-5-14-24(27)25-18-19-29-30(31(25)33)26-15-6-8-17-28(26)32(29)22-11-3-2-4-12-22/h2-11,13-20,22H,12H2,1H3. The van der Waals surface area contributed by atoms with E-state index in [0.29, 0.717) is 6.04 Å². The van der Waals surface area contributed by atoms with Gasteiger partial charge in [0.2, 0.25) is 0 Å². The highest BCUT2D eigenvalue weighted by molar-refractivity contribution is 6.25. The van der Waals surface area contributed by atoms with Crippen molar-refractivity contribution in [1.82, 2.24) is 9.13 Å². The maximum atomic E-state index is 2.53. The van der Waals surface area contributed by atoms with Crippen LogP contribution in [0.5, 0.6) is 0 Å². The molecule has 1 aliphatic carbocycles. The molecule has 0 bridgehead atoms. The Bertz CT molecular complexity index is 1760. The van der Waals surface area contributed by atoms with Crippen molar-refractivity contribution in [2.75, 3.05) is 0 Å². The molecule has 0 saturated carbocycles. The van der Waals surface area contributed by atoms with E-state index in [1.165, 1.54) is 54.9 Å². The number of hydrogen-bond acceptors (Lipinski definition) is 0. The number of nitrogens with zero attached hydrogens (tertiary/aromatic N) is 2. The number of aromatic nitrogens is 2. The molecule has 0 radical (unpaired) electrons. The van der Waals surface area contributed by atoms with Gasteiger partial charge in [-0.1, -0.05) is 78.9 Å². The highest BCUT2D eigenvalue weighted by Gasteiger charge is 2.22. The van der Waals surface area contributed by atoms with Crippen LogP contribution in [0.1, 0.15) is 18.0 Å². The Kier molecular flexibility index (Phi) is 3.92. The number of benzene rings is 4. The van der Waals surface area contributed by atoms with Crippen LogP contribution in [0.15, 0.2) is 109 Å². The minimum absolute atomic E-state index is 0.326. The van der Waals surface area contributed by atoms with Crippen molar-refractivity contribution < 1.29 is 0 Å². The monoisotopic (exact) mass is 424 g/mol. The molecule has 1 aliphatic rings. The van der Waals surface area contributed by atoms with Crippen LogP contribution in [-0.2, 0) is 0 Å². The van der Waals surface area contributed by atoms with Gasteiger partial charge in [-0.3, -0.25) is 0 Å². The molecule has 7 rings (SSSR count). The molecule has 2 heteroatoms. The Morgan fingerprint density at radius 3 is 2.33 bits per heavy atom. The number of aryl methyl sites for hydroxylation is 1. The summed E-state index contributed by atoms with van der Waals surface area (Å²) in [5.74, 6) is 0. The lowest BCUT2D eigenvalue weighted by Gasteiger charge is -2.18. The van der Waals surface area contributed by atoms with Crippen molar-refractivity contribution >= 4 is 43.6 Å². The summed E-state index contributed by atoms with van der Waals surface area (Å²) in [6, 6.07) is 31.5. The third-order valence-electron chi connectivity index (χ3n) is 7.06. The first kappa shape index (κ1) is 18.5. The van der Waals surface area contributed by atoms with Gasteiger partial charge in [0.15, 0.2) is 0 Å². The maximum absolute atomic E-state index is 2.53. The second kappa shape index (κ2) is 6.98. The molecule has 1 unspecified atom stereocenters. The van der Waals surface area contributed by atoms with E-state index in [1.807, 2.05) is 0 Å². The van der Waals surface area contributed by atoms with Gasteiger partial charge in [-0.15, -0.1) is 0 Å². The fourth-order valence-electron chi connectivity index (χ4n) is 5.69. The summed E-state index contributed by atoms with van der Waals surface area (Å²) in [6.45, 7) is 2.17. The maximum Gasteiger partial charge on any atom is 0.0641 e. The zero-order chi connectivity index (χ0) is 21.9. The SMILES string of the molecule is Cc1cccc(-n2c3ccccc3c3ccc4c(c5ccccc5n4C4C=CC=CC4)c32)c1. The molecular formula is C31H24N2. The number of rotatable bonds is 2. The van der Waals surface area contributed by atoms with E-state index in [0.717, 1.165) is 6.42 Å². The normalized spacial score (nSPS) is 16.0. The van der Waals surface area contributed by atoms with Gasteiger partial charge in [0.1, 0.15) is 0 Å². The molecule has 2 nitrogen and oxygen atoms in total. The molecule has 0 N–H and O–H groups in total. The van der Waals surface area contributed by atoms with Crippen LogP contribution in [0.4, 0.5) is 0 Å². The average Bonchev–Trinajstić information content (AvgIpc) is 3.37. The summed E-state index contributed by atoms with van der Waals surface area (Å²) in [7, 11) is 0. The predicted molar refractivity (Wildman–Crippen MR) is 140 cm³/mol. The van der Waals surface area contributed by atoms with E-state index in [4.69, 9.17) is 0 Å². The molecular weight excluding hydrogens is 400 g/mol. The molecule has 0 amide bonds. The van der Waals surface area contributed by atoms with E-state index in [1.54, 1.807) is 0 Å². The van der Waals surface area contributed by atoms with Crippen LogP contribution >= 0.6 is 0 Å². The lowest BCUT2D eigenvalue weighted by atomic mass is 10.1. The third-order valence-corrected chi connectivity index (χ3v) is 7.06. The predicted octanol–water partition coefficient (Wildman–Crippen LogP) is 8.26. The van der Waals surface area contributed by atoms with E-state index in [2.05, 4.69) is 125 Å². The highest BCUT2D eigenvalue weighted by Crippen LogP contribution is 2.42. The smallest absolute Gasteiger partial charge is 0.0641 e. The summed E-state index contributed by atoms with van der Waals surface area (Å²) in [5.41, 5.74) is 7.63. The number of fused-ring (bicyclic) bond motifs is 7. The molecule has 6 aromatic rings. The van der Waals surface area contributed by atoms with E-state index < -0.39 is 0 Å². The first-order chi connectivity index (χ1) is 16.3. The topological polar surface area (TPSA) is 9.86 Å². The Morgan fingerprint density at radius 2 is 1.52 bits per heavy atom. The van der Waals surface area contributed by atoms with Gasteiger partial charge in [-0.05, 0) is 49.2 Å². The molecule has 2 heterocycles. The summed E-state index contributed by atoms with van der Waals surface area (Å²) >= 11 is 0. The minimum Gasteiger partial charge on any atom is -0.333 e. The van der Waals surface area contributed by atoms with Crippen LogP contribution in [-0.4, -0.2) is 9.13 Å². The fraction of sp³-hybridized carbons (Fsp3) is 0.0968. The lowest BCUT2D eigenvalue weighted by molar-refractivity contribution is 0.648. The van der Waals surface area contributed by atoms with Crippen molar-refractivity contribution in [2.45, 2.75) is 19.4 Å². The molecule has 0 fully saturated rings. The van der Waals surface area contributed by atoms with Gasteiger partial charge in [-0.2, -0.15) is 0 Å². The Balaban J connectivity index is 1.72. The lowest BCUT2D eigenvalue weighted by Crippen LogP contribution is -2.06. The van der Waals surface area contributed by atoms with Gasteiger partial charge >= 0.3 is 0 Å². The summed E-state index contributed by atoms with van der Waals surface area (Å²) in [5, 5.41) is 5.26. The zero-order valence-corrected chi connectivity index (χ0v) is 18.6. The van der Waals surface area contributed by atoms with E-state index in [-0.39, 0.29) is 0 Å². The molecule has 33 heavy (non-hydrogen) atoms. The molecule has 0 spiro atoms. The number of allylic oxidation sites excluding steroid dienone is 4. The second-order valence-corrected chi connectivity index (χ2v) is 9.05. The van der Waals surface area contributed by atoms with Crippen LogP contribution < -0.4 is 0 Å². The summed E-state index contributed by atoms with van der Waals surface area (Å²) in [4.78, 5) is 0. The van der Waals surface area contributed by atoms with Gasteiger partial charge in [0.05, 0.1) is 22.6 Å². The van der Waals surface area contributed by atoms with Gasteiger partial charge in [-0.25, -0.2) is 0 Å². The molecule has 1 atom stereocenters. The molecule has 4 aromatic carbocycles. The Morgan fingerprint density at radius 1 is 0.697 bits per heavy atom. The van der Waals surface area contributed by atoms with Gasteiger partial charge in [0.25, 0.3) is 0 Å². The minimum atomic E-state index is 0.326. The van der Waals surface area contributed by atoms with Crippen LogP contribution in [0.25, 0.3) is 49.3 Å². The van der Waals surface area contributed by atoms with Crippen molar-refractivity contribution in [1.29, 1.82) is 0 Å². The molecule has 0 saturated heterocycles. The quantitative estimate of drug-likeness (QED) is 0.265. The highest BCUT2D eigenvalue weighted by atomic mass is 15.0. The Labute approximate surface area is 192 Å². The number of para-hydroxylation sites is 2. The van der Waals surface area contributed by atoms with Crippen molar-refractivity contribution in [3.8, 4) is 5.69 Å². The summed E-state index contributed by atoms with van der Waals surface area (Å²) in [6.07, 6.45) is 9.94. The van der Waals surface area contributed by atoms with Crippen molar-refractivity contribution in [3.05, 3.63) is 115 Å². The van der Waals surface area contributed by atoms with Crippen LogP contribution in [0.2, 0.25) is 0 Å². The third kappa shape index (κ3) is 2.61. The fourth-order valence-corrected chi connectivity index (χ4v) is 5.69. The van der Waals surface area contributed by atoms with Crippen molar-refractivity contribution in [3.63, 3.8) is 0 Å². The molecule has 0 aliphatic heterocycles. The largest absolute Gasteiger partial charge is 0.333 e. The van der Waals surface area contributed by atoms with E-state index in [9.17, 15) is 0 Å². The van der Waals surface area contributed by atoms with Gasteiger partial charge in [0, 0.05) is 32.7 Å². The van der Waals surface area contributed by atoms with Crippen LogP contribution in [0.3, 0.4) is 0 Å². The van der Waals surface area contributed by atoms with Gasteiger partial charge < -0.3 is 9.13 Å². The second-order valence-electron chi connectivity index (χ2n) is 9.05. The van der Waals surface area contributed by atoms with Crippen molar-refractivity contribution in [2.24, 2.45) is 0 Å². The zero-order valence-electron chi connectivity index (χ0n) is 18.6. The summed E-state index contributed by atoms with van der Waals surface area (Å²) < 4.78 is 5.00. The van der Waals surface area contributed by atoms with E-state index >= 15 is 0 Å². The molecule has 158 valence electrons. The number of hydrogen-bond donors (Lipinski definition) is 0.